The second kappa shape index (κ2) is 6.81. The molecule has 1 saturated carbocycles. The molecule has 5 nitrogen and oxygen atoms in total. The Morgan fingerprint density at radius 1 is 1.35 bits per heavy atom. The highest BCUT2D eigenvalue weighted by molar-refractivity contribution is 5.41. The third-order valence-electron chi connectivity index (χ3n) is 4.13. The molecule has 1 fully saturated rings. The van der Waals surface area contributed by atoms with E-state index in [1.165, 1.54) is 0 Å². The van der Waals surface area contributed by atoms with E-state index in [-0.39, 0.29) is 22.8 Å². The van der Waals surface area contributed by atoms with Crippen LogP contribution in [0.5, 0.6) is 0 Å². The van der Waals surface area contributed by atoms with Crippen LogP contribution in [-0.2, 0) is 0 Å². The van der Waals surface area contributed by atoms with Crippen LogP contribution in [0.2, 0.25) is 0 Å². The summed E-state index contributed by atoms with van der Waals surface area (Å²) in [7, 11) is 0. The molecule has 0 spiro atoms. The van der Waals surface area contributed by atoms with Gasteiger partial charge in [-0.15, -0.1) is 0 Å². The van der Waals surface area contributed by atoms with E-state index < -0.39 is 0 Å². The van der Waals surface area contributed by atoms with Gasteiger partial charge in [0.2, 0.25) is 0 Å². The van der Waals surface area contributed by atoms with E-state index >= 15 is 0 Å². The minimum atomic E-state index is -0.329. The molecule has 1 aliphatic rings. The number of aliphatic hydroxyl groups is 1. The van der Waals surface area contributed by atoms with E-state index in [9.17, 15) is 15.2 Å². The van der Waals surface area contributed by atoms with Crippen LogP contribution in [-0.4, -0.2) is 22.7 Å². The van der Waals surface area contributed by atoms with Gasteiger partial charge in [-0.3, -0.25) is 10.1 Å². The second-order valence-electron chi connectivity index (χ2n) is 5.62. The third-order valence-corrected chi connectivity index (χ3v) is 4.13. The Hall–Kier alpha value is -1.46. The molecule has 1 aliphatic carbocycles. The summed E-state index contributed by atoms with van der Waals surface area (Å²) >= 11 is 0. The van der Waals surface area contributed by atoms with Gasteiger partial charge >= 0.3 is 0 Å². The monoisotopic (exact) mass is 278 g/mol. The summed E-state index contributed by atoms with van der Waals surface area (Å²) in [5.74, 6) is 0.559. The van der Waals surface area contributed by atoms with Crippen molar-refractivity contribution in [1.29, 1.82) is 0 Å². The highest BCUT2D eigenvalue weighted by atomic mass is 16.6. The van der Waals surface area contributed by atoms with E-state index in [2.05, 4.69) is 5.32 Å². The predicted molar refractivity (Wildman–Crippen MR) is 77.5 cm³/mol. The highest BCUT2D eigenvalue weighted by Gasteiger charge is 2.22. The van der Waals surface area contributed by atoms with Crippen molar-refractivity contribution in [2.45, 2.75) is 44.8 Å². The fourth-order valence-electron chi connectivity index (χ4n) is 2.82. The smallest absolute Gasteiger partial charge is 0.274 e. The number of rotatable bonds is 5. The van der Waals surface area contributed by atoms with Crippen molar-refractivity contribution in [3.8, 4) is 0 Å². The minimum absolute atomic E-state index is 0.0385. The molecule has 110 valence electrons. The Balaban J connectivity index is 1.92. The Labute approximate surface area is 119 Å². The first-order valence-electron chi connectivity index (χ1n) is 7.22. The Kier molecular flexibility index (Phi) is 5.09. The quantitative estimate of drug-likeness (QED) is 0.641. The molecule has 0 saturated heterocycles. The van der Waals surface area contributed by atoms with Gasteiger partial charge in [0.25, 0.3) is 5.69 Å². The number of hydrogen-bond acceptors (Lipinski definition) is 4. The summed E-state index contributed by atoms with van der Waals surface area (Å²) in [5, 5.41) is 23.9. The number of nitrogens with zero attached hydrogens (tertiary/aromatic N) is 1. The van der Waals surface area contributed by atoms with E-state index in [0.29, 0.717) is 5.92 Å². The Morgan fingerprint density at radius 3 is 2.65 bits per heavy atom. The topological polar surface area (TPSA) is 75.4 Å². The SMILES string of the molecule is CC(NCC1CCC(O)CC1)c1ccccc1[N+](=O)[O-]. The number of benzene rings is 1. The van der Waals surface area contributed by atoms with Gasteiger partial charge in [-0.05, 0) is 45.1 Å². The second-order valence-corrected chi connectivity index (χ2v) is 5.62. The Morgan fingerprint density at radius 2 is 2.00 bits per heavy atom. The normalized spacial score (nSPS) is 24.3. The lowest BCUT2D eigenvalue weighted by atomic mass is 9.87. The maximum Gasteiger partial charge on any atom is 0.274 e. The zero-order chi connectivity index (χ0) is 14.5. The van der Waals surface area contributed by atoms with E-state index in [1.807, 2.05) is 13.0 Å². The van der Waals surface area contributed by atoms with Gasteiger partial charge in [0.05, 0.1) is 11.0 Å². The van der Waals surface area contributed by atoms with Crippen molar-refractivity contribution in [3.63, 3.8) is 0 Å². The van der Waals surface area contributed by atoms with Crippen molar-refractivity contribution in [2.24, 2.45) is 5.92 Å². The molecule has 0 amide bonds. The van der Waals surface area contributed by atoms with Gasteiger partial charge in [0.1, 0.15) is 0 Å². The van der Waals surface area contributed by atoms with Gasteiger partial charge in [-0.1, -0.05) is 18.2 Å². The molecule has 1 unspecified atom stereocenters. The molecule has 0 bridgehead atoms. The number of aliphatic hydroxyl groups excluding tert-OH is 1. The first kappa shape index (κ1) is 14.9. The van der Waals surface area contributed by atoms with Gasteiger partial charge in [0, 0.05) is 17.7 Å². The molecule has 2 N–H and O–H groups in total. The zero-order valence-electron chi connectivity index (χ0n) is 11.8. The fourth-order valence-corrected chi connectivity index (χ4v) is 2.82. The summed E-state index contributed by atoms with van der Waals surface area (Å²) < 4.78 is 0. The maximum atomic E-state index is 11.0. The Bertz CT molecular complexity index is 456. The summed E-state index contributed by atoms with van der Waals surface area (Å²) in [6.07, 6.45) is 3.65. The molecule has 0 aromatic heterocycles. The lowest BCUT2D eigenvalue weighted by molar-refractivity contribution is -0.385. The van der Waals surface area contributed by atoms with E-state index in [0.717, 1.165) is 37.8 Å². The summed E-state index contributed by atoms with van der Waals surface area (Å²) in [4.78, 5) is 10.7. The molecule has 0 heterocycles. The van der Waals surface area contributed by atoms with Gasteiger partial charge in [0.15, 0.2) is 0 Å². The molecular weight excluding hydrogens is 256 g/mol. The van der Waals surface area contributed by atoms with Crippen molar-refractivity contribution in [2.75, 3.05) is 6.54 Å². The van der Waals surface area contributed by atoms with Crippen molar-refractivity contribution in [1.82, 2.24) is 5.32 Å². The molecule has 1 aromatic rings. The number of para-hydroxylation sites is 1. The molecular formula is C15H22N2O3. The van der Waals surface area contributed by atoms with Crippen LogP contribution in [0.1, 0.15) is 44.2 Å². The van der Waals surface area contributed by atoms with E-state index in [1.54, 1.807) is 18.2 Å². The number of nitro benzene ring substituents is 1. The molecule has 1 atom stereocenters. The van der Waals surface area contributed by atoms with Crippen molar-refractivity contribution in [3.05, 3.63) is 39.9 Å². The average molecular weight is 278 g/mol. The first-order chi connectivity index (χ1) is 9.58. The van der Waals surface area contributed by atoms with Crippen LogP contribution in [0.15, 0.2) is 24.3 Å². The molecule has 1 aromatic carbocycles. The molecule has 0 aliphatic heterocycles. The summed E-state index contributed by atoms with van der Waals surface area (Å²) in [6.45, 7) is 2.81. The summed E-state index contributed by atoms with van der Waals surface area (Å²) in [5.41, 5.74) is 0.903. The van der Waals surface area contributed by atoms with Gasteiger partial charge in [-0.25, -0.2) is 0 Å². The van der Waals surface area contributed by atoms with Gasteiger partial charge in [-0.2, -0.15) is 0 Å². The molecule has 5 heteroatoms. The van der Waals surface area contributed by atoms with E-state index in [4.69, 9.17) is 0 Å². The fraction of sp³-hybridized carbons (Fsp3) is 0.600. The van der Waals surface area contributed by atoms with Gasteiger partial charge < -0.3 is 10.4 Å². The summed E-state index contributed by atoms with van der Waals surface area (Å²) in [6, 6.07) is 6.84. The van der Waals surface area contributed by atoms with Crippen LogP contribution in [0.4, 0.5) is 5.69 Å². The molecule has 20 heavy (non-hydrogen) atoms. The van der Waals surface area contributed by atoms with Crippen LogP contribution in [0.25, 0.3) is 0 Å². The lowest BCUT2D eigenvalue weighted by Gasteiger charge is -2.27. The van der Waals surface area contributed by atoms with Crippen LogP contribution < -0.4 is 5.32 Å². The highest BCUT2D eigenvalue weighted by Crippen LogP contribution is 2.27. The third kappa shape index (κ3) is 3.77. The minimum Gasteiger partial charge on any atom is -0.393 e. The zero-order valence-corrected chi connectivity index (χ0v) is 11.8. The van der Waals surface area contributed by atoms with Crippen molar-refractivity contribution >= 4 is 5.69 Å². The lowest BCUT2D eigenvalue weighted by Crippen LogP contribution is -2.29. The number of hydrogen-bond donors (Lipinski definition) is 2. The van der Waals surface area contributed by atoms with Crippen LogP contribution in [0, 0.1) is 16.0 Å². The first-order valence-corrected chi connectivity index (χ1v) is 7.22. The predicted octanol–water partition coefficient (Wildman–Crippen LogP) is 2.80. The number of nitrogens with one attached hydrogen (secondary N) is 1. The standard InChI is InChI=1S/C15H22N2O3/c1-11(14-4-2-3-5-15(14)17(19)20)16-10-12-6-8-13(18)9-7-12/h2-5,11-13,16,18H,6-10H2,1H3. The van der Waals surface area contributed by atoms with Crippen LogP contribution in [0.3, 0.4) is 0 Å². The maximum absolute atomic E-state index is 11.0. The molecule has 0 radical (unpaired) electrons. The average Bonchev–Trinajstić information content (AvgIpc) is 2.46. The van der Waals surface area contributed by atoms with Crippen molar-refractivity contribution < 1.29 is 10.0 Å². The largest absolute Gasteiger partial charge is 0.393 e. The molecule has 2 rings (SSSR count). The number of nitro groups is 1. The van der Waals surface area contributed by atoms with Crippen LogP contribution >= 0.6 is 0 Å².